The first-order chi connectivity index (χ1) is 6.92. The van der Waals surface area contributed by atoms with Crippen molar-refractivity contribution in [3.8, 4) is 5.75 Å². The summed E-state index contributed by atoms with van der Waals surface area (Å²) in [6, 6.07) is 1.48. The maximum atomic E-state index is 12.5. The van der Waals surface area contributed by atoms with Gasteiger partial charge in [-0.25, -0.2) is 13.8 Å². The molecule has 0 aliphatic rings. The van der Waals surface area contributed by atoms with Gasteiger partial charge in [0.1, 0.15) is 11.4 Å². The Kier molecular flexibility index (Phi) is 3.34. The summed E-state index contributed by atoms with van der Waals surface area (Å²) >= 11 is 0. The fourth-order valence-electron chi connectivity index (χ4n) is 0.985. The van der Waals surface area contributed by atoms with Crippen LogP contribution in [0.5, 0.6) is 5.75 Å². The number of rotatable bonds is 4. The summed E-state index contributed by atoms with van der Waals surface area (Å²) in [5, 5.41) is 0. The van der Waals surface area contributed by atoms with E-state index in [0.29, 0.717) is 11.8 Å². The summed E-state index contributed by atoms with van der Waals surface area (Å²) in [5.74, 6) is -2.61. The molecule has 0 amide bonds. The van der Waals surface area contributed by atoms with Crippen molar-refractivity contribution in [1.29, 1.82) is 0 Å². The van der Waals surface area contributed by atoms with Crippen LogP contribution in [0.15, 0.2) is 12.3 Å². The highest BCUT2D eigenvalue weighted by atomic mass is 19.3. The Bertz CT molecular complexity index is 361. The zero-order valence-corrected chi connectivity index (χ0v) is 8.46. The molecule has 15 heavy (non-hydrogen) atoms. The van der Waals surface area contributed by atoms with Crippen LogP contribution in [0.25, 0.3) is 0 Å². The van der Waals surface area contributed by atoms with Crippen molar-refractivity contribution in [3.05, 3.63) is 23.5 Å². The van der Waals surface area contributed by atoms with Crippen LogP contribution in [-0.4, -0.2) is 23.8 Å². The highest BCUT2D eigenvalue weighted by Crippen LogP contribution is 2.19. The molecule has 1 aromatic heterocycles. The van der Waals surface area contributed by atoms with Crippen molar-refractivity contribution < 1.29 is 18.3 Å². The van der Waals surface area contributed by atoms with Crippen LogP contribution in [0.4, 0.5) is 8.78 Å². The van der Waals surface area contributed by atoms with Crippen LogP contribution in [0.2, 0.25) is 0 Å². The lowest BCUT2D eigenvalue weighted by Gasteiger charge is -2.13. The van der Waals surface area contributed by atoms with E-state index in [1.807, 2.05) is 0 Å². The molecule has 0 N–H and O–H groups in total. The van der Waals surface area contributed by atoms with Crippen LogP contribution in [0, 0.1) is 6.92 Å². The molecule has 3 nitrogen and oxygen atoms in total. The number of alkyl halides is 2. The van der Waals surface area contributed by atoms with E-state index in [0.717, 1.165) is 6.92 Å². The second-order valence-corrected chi connectivity index (χ2v) is 3.35. The zero-order valence-electron chi connectivity index (χ0n) is 8.46. The summed E-state index contributed by atoms with van der Waals surface area (Å²) in [7, 11) is 0. The van der Waals surface area contributed by atoms with Crippen molar-refractivity contribution in [2.24, 2.45) is 0 Å². The summed E-state index contributed by atoms with van der Waals surface area (Å²) in [4.78, 5) is 14.1. The average molecular weight is 215 g/mol. The Labute approximate surface area is 86.1 Å². The van der Waals surface area contributed by atoms with E-state index < -0.39 is 12.5 Å². The number of aryl methyl sites for hydroxylation is 1. The third-order valence-electron chi connectivity index (χ3n) is 1.69. The molecule has 0 bridgehead atoms. The normalized spacial score (nSPS) is 11.2. The van der Waals surface area contributed by atoms with Gasteiger partial charge in [0.25, 0.3) is 5.92 Å². The molecule has 0 saturated carbocycles. The lowest BCUT2D eigenvalue weighted by atomic mass is 10.2. The number of pyridine rings is 1. The molecule has 0 fully saturated rings. The monoisotopic (exact) mass is 215 g/mol. The molecule has 1 rings (SSSR count). The Morgan fingerprint density at radius 2 is 2.27 bits per heavy atom. The van der Waals surface area contributed by atoms with Crippen LogP contribution >= 0.6 is 0 Å². The van der Waals surface area contributed by atoms with Crippen molar-refractivity contribution >= 4 is 6.29 Å². The van der Waals surface area contributed by atoms with Crippen LogP contribution in [0.1, 0.15) is 23.0 Å². The molecule has 0 aromatic carbocycles. The maximum Gasteiger partial charge on any atom is 0.278 e. The standard InChI is InChI=1S/C10H11F2NO2/c1-7-3-8(5-14)13-4-9(7)15-6-10(2,11)12/h3-5H,6H2,1-2H3. The first kappa shape index (κ1) is 11.6. The van der Waals surface area contributed by atoms with Crippen molar-refractivity contribution in [3.63, 3.8) is 0 Å². The van der Waals surface area contributed by atoms with Gasteiger partial charge in [0, 0.05) is 6.92 Å². The van der Waals surface area contributed by atoms with Crippen LogP contribution in [0.3, 0.4) is 0 Å². The molecule has 5 heteroatoms. The third kappa shape index (κ3) is 3.61. The summed E-state index contributed by atoms with van der Waals surface area (Å²) in [5.41, 5.74) is 0.861. The van der Waals surface area contributed by atoms with E-state index in [9.17, 15) is 13.6 Å². The molecular formula is C10H11F2NO2. The van der Waals surface area contributed by atoms with E-state index in [1.165, 1.54) is 12.3 Å². The first-order valence-corrected chi connectivity index (χ1v) is 4.35. The smallest absolute Gasteiger partial charge is 0.278 e. The van der Waals surface area contributed by atoms with Gasteiger partial charge in [0.05, 0.1) is 6.20 Å². The maximum absolute atomic E-state index is 12.5. The van der Waals surface area contributed by atoms with E-state index >= 15 is 0 Å². The Hall–Kier alpha value is -1.52. The van der Waals surface area contributed by atoms with Gasteiger partial charge in [-0.3, -0.25) is 4.79 Å². The SMILES string of the molecule is Cc1cc(C=O)ncc1OCC(C)(F)F. The van der Waals surface area contributed by atoms with Gasteiger partial charge in [0.15, 0.2) is 12.9 Å². The third-order valence-corrected chi connectivity index (χ3v) is 1.69. The quantitative estimate of drug-likeness (QED) is 0.723. The lowest BCUT2D eigenvalue weighted by Crippen LogP contribution is -2.21. The Balaban J connectivity index is 2.74. The molecule has 0 aliphatic carbocycles. The molecule has 0 radical (unpaired) electrons. The van der Waals surface area contributed by atoms with E-state index in [1.54, 1.807) is 6.92 Å². The van der Waals surface area contributed by atoms with Gasteiger partial charge in [-0.2, -0.15) is 0 Å². The zero-order chi connectivity index (χ0) is 11.5. The number of aromatic nitrogens is 1. The fraction of sp³-hybridized carbons (Fsp3) is 0.400. The van der Waals surface area contributed by atoms with Crippen molar-refractivity contribution in [1.82, 2.24) is 4.98 Å². The lowest BCUT2D eigenvalue weighted by molar-refractivity contribution is -0.0232. The van der Waals surface area contributed by atoms with Gasteiger partial charge in [-0.1, -0.05) is 0 Å². The highest BCUT2D eigenvalue weighted by Gasteiger charge is 2.22. The molecule has 1 heterocycles. The summed E-state index contributed by atoms with van der Waals surface area (Å²) in [6.45, 7) is 1.74. The first-order valence-electron chi connectivity index (χ1n) is 4.35. The van der Waals surface area contributed by atoms with Gasteiger partial charge in [-0.05, 0) is 18.6 Å². The minimum absolute atomic E-state index is 0.253. The minimum Gasteiger partial charge on any atom is -0.485 e. The molecular weight excluding hydrogens is 204 g/mol. The Morgan fingerprint density at radius 1 is 1.60 bits per heavy atom. The molecule has 0 unspecified atom stereocenters. The van der Waals surface area contributed by atoms with Crippen LogP contribution in [-0.2, 0) is 0 Å². The number of hydrogen-bond acceptors (Lipinski definition) is 3. The number of carbonyl (C=O) groups excluding carboxylic acids is 1. The molecule has 1 aromatic rings. The molecule has 0 spiro atoms. The van der Waals surface area contributed by atoms with E-state index in [2.05, 4.69) is 4.98 Å². The number of hydrogen-bond donors (Lipinski definition) is 0. The number of aldehydes is 1. The van der Waals surface area contributed by atoms with E-state index in [-0.39, 0.29) is 11.4 Å². The number of nitrogens with zero attached hydrogens (tertiary/aromatic N) is 1. The largest absolute Gasteiger partial charge is 0.485 e. The summed E-state index contributed by atoms with van der Waals surface area (Å²) < 4.78 is 29.8. The molecule has 0 atom stereocenters. The predicted molar refractivity (Wildman–Crippen MR) is 50.5 cm³/mol. The molecule has 0 saturated heterocycles. The highest BCUT2D eigenvalue weighted by molar-refractivity contribution is 5.72. The van der Waals surface area contributed by atoms with Crippen molar-refractivity contribution in [2.45, 2.75) is 19.8 Å². The van der Waals surface area contributed by atoms with Crippen molar-refractivity contribution in [2.75, 3.05) is 6.61 Å². The average Bonchev–Trinajstić information content (AvgIpc) is 2.14. The fourth-order valence-corrected chi connectivity index (χ4v) is 0.985. The van der Waals surface area contributed by atoms with Gasteiger partial charge in [0.2, 0.25) is 0 Å². The number of halogens is 2. The minimum atomic E-state index is -2.88. The number of carbonyl (C=O) groups is 1. The van der Waals surface area contributed by atoms with Crippen LogP contribution < -0.4 is 4.74 Å². The predicted octanol–water partition coefficient (Wildman–Crippen LogP) is 2.24. The molecule has 0 aliphatic heterocycles. The van der Waals surface area contributed by atoms with Gasteiger partial charge >= 0.3 is 0 Å². The van der Waals surface area contributed by atoms with E-state index in [4.69, 9.17) is 4.74 Å². The number of ether oxygens (including phenoxy) is 1. The van der Waals surface area contributed by atoms with Gasteiger partial charge in [-0.15, -0.1) is 0 Å². The topological polar surface area (TPSA) is 39.2 Å². The molecule has 82 valence electrons. The second-order valence-electron chi connectivity index (χ2n) is 3.35. The Morgan fingerprint density at radius 3 is 2.73 bits per heavy atom. The second kappa shape index (κ2) is 4.33. The van der Waals surface area contributed by atoms with Gasteiger partial charge < -0.3 is 4.74 Å². The summed E-state index contributed by atoms with van der Waals surface area (Å²) in [6.07, 6.45) is 1.86.